The number of rotatable bonds is 3. The van der Waals surface area contributed by atoms with Gasteiger partial charge >= 0.3 is 0 Å². The largest absolute Gasteiger partial charge is 0.326 e. The molecule has 3 heteroatoms. The van der Waals surface area contributed by atoms with Crippen molar-refractivity contribution in [1.82, 2.24) is 0 Å². The first-order valence-electron chi connectivity index (χ1n) is 5.92. The first-order chi connectivity index (χ1) is 8.11. The Labute approximate surface area is 103 Å². The molecular formula is C14H20N2O. The van der Waals surface area contributed by atoms with Gasteiger partial charge in [0.25, 0.3) is 0 Å². The summed E-state index contributed by atoms with van der Waals surface area (Å²) in [5.41, 5.74) is 1.23. The summed E-state index contributed by atoms with van der Waals surface area (Å²) in [6.45, 7) is 7.98. The third kappa shape index (κ3) is 6.36. The minimum Gasteiger partial charge on any atom is -0.326 e. The lowest BCUT2D eigenvalue weighted by atomic mass is 10.1. The molecule has 1 aromatic carbocycles. The molecule has 0 aliphatic heterocycles. The van der Waals surface area contributed by atoms with E-state index in [9.17, 15) is 4.79 Å². The van der Waals surface area contributed by atoms with Gasteiger partial charge in [0.2, 0.25) is 5.91 Å². The van der Waals surface area contributed by atoms with Crippen LogP contribution in [0.3, 0.4) is 0 Å². The molecule has 0 bridgehead atoms. The molecule has 0 spiro atoms. The van der Waals surface area contributed by atoms with Crippen LogP contribution in [0.25, 0.3) is 0 Å². The summed E-state index contributed by atoms with van der Waals surface area (Å²) in [6, 6.07) is 8.93. The summed E-state index contributed by atoms with van der Waals surface area (Å²) in [5.74, 6) is 0.323. The number of hydrogen-bond donors (Lipinski definition) is 1. The SMILES string of the molecule is CC.CC(C)CC(=O)Nc1cccc(C#N)c1. The van der Waals surface area contributed by atoms with E-state index in [2.05, 4.69) is 5.32 Å². The molecular weight excluding hydrogens is 212 g/mol. The second-order valence-corrected chi connectivity index (χ2v) is 3.84. The average Bonchev–Trinajstić information content (AvgIpc) is 2.30. The summed E-state index contributed by atoms with van der Waals surface area (Å²) >= 11 is 0. The van der Waals surface area contributed by atoms with E-state index in [4.69, 9.17) is 5.26 Å². The van der Waals surface area contributed by atoms with Crippen LogP contribution in [0.5, 0.6) is 0 Å². The van der Waals surface area contributed by atoms with Crippen LogP contribution >= 0.6 is 0 Å². The molecule has 0 radical (unpaired) electrons. The maximum absolute atomic E-state index is 11.4. The Hall–Kier alpha value is -1.82. The van der Waals surface area contributed by atoms with E-state index in [1.54, 1.807) is 24.3 Å². The molecule has 0 aromatic heterocycles. The number of carbonyl (C=O) groups excluding carboxylic acids is 1. The third-order valence-electron chi connectivity index (χ3n) is 1.87. The predicted octanol–water partition coefficient (Wildman–Crippen LogP) is 3.57. The zero-order valence-electron chi connectivity index (χ0n) is 10.9. The minimum atomic E-state index is -0.0138. The lowest BCUT2D eigenvalue weighted by Gasteiger charge is -2.06. The highest BCUT2D eigenvalue weighted by molar-refractivity contribution is 5.90. The van der Waals surface area contributed by atoms with Crippen LogP contribution in [-0.2, 0) is 4.79 Å². The van der Waals surface area contributed by atoms with Crippen molar-refractivity contribution >= 4 is 11.6 Å². The van der Waals surface area contributed by atoms with Gasteiger partial charge in [-0.1, -0.05) is 33.8 Å². The van der Waals surface area contributed by atoms with Crippen molar-refractivity contribution in [3.63, 3.8) is 0 Å². The molecule has 0 heterocycles. The molecule has 0 saturated heterocycles. The maximum atomic E-state index is 11.4. The highest BCUT2D eigenvalue weighted by Gasteiger charge is 2.05. The number of hydrogen-bond acceptors (Lipinski definition) is 2. The van der Waals surface area contributed by atoms with E-state index in [0.29, 0.717) is 23.6 Å². The maximum Gasteiger partial charge on any atom is 0.224 e. The molecule has 1 aromatic rings. The summed E-state index contributed by atoms with van der Waals surface area (Å²) in [7, 11) is 0. The van der Waals surface area contributed by atoms with E-state index < -0.39 is 0 Å². The van der Waals surface area contributed by atoms with Gasteiger partial charge in [0.15, 0.2) is 0 Å². The predicted molar refractivity (Wildman–Crippen MR) is 70.6 cm³/mol. The topological polar surface area (TPSA) is 52.9 Å². The Kier molecular flexibility index (Phi) is 7.45. The van der Waals surface area contributed by atoms with E-state index >= 15 is 0 Å². The fraction of sp³-hybridized carbons (Fsp3) is 0.429. The number of anilines is 1. The zero-order valence-corrected chi connectivity index (χ0v) is 10.9. The number of carbonyl (C=O) groups is 1. The molecule has 0 atom stereocenters. The molecule has 1 rings (SSSR count). The number of nitrogens with one attached hydrogen (secondary N) is 1. The van der Waals surface area contributed by atoms with Crippen LogP contribution in [0.1, 0.15) is 39.7 Å². The Balaban J connectivity index is 0.00000121. The molecule has 0 fully saturated rings. The summed E-state index contributed by atoms with van der Waals surface area (Å²) < 4.78 is 0. The third-order valence-corrected chi connectivity index (χ3v) is 1.87. The van der Waals surface area contributed by atoms with Crippen molar-refractivity contribution in [2.45, 2.75) is 34.1 Å². The molecule has 92 valence electrons. The second kappa shape index (κ2) is 8.35. The molecule has 3 nitrogen and oxygen atoms in total. The van der Waals surface area contributed by atoms with Gasteiger partial charge in [-0.25, -0.2) is 0 Å². The number of benzene rings is 1. The number of nitriles is 1. The van der Waals surface area contributed by atoms with Crippen LogP contribution < -0.4 is 5.32 Å². The highest BCUT2D eigenvalue weighted by atomic mass is 16.1. The Morgan fingerprint density at radius 1 is 1.41 bits per heavy atom. The van der Waals surface area contributed by atoms with Gasteiger partial charge in [-0.2, -0.15) is 5.26 Å². The fourth-order valence-corrected chi connectivity index (χ4v) is 1.25. The Morgan fingerprint density at radius 3 is 2.59 bits per heavy atom. The molecule has 0 aliphatic carbocycles. The van der Waals surface area contributed by atoms with Crippen molar-refractivity contribution in [3.8, 4) is 6.07 Å². The van der Waals surface area contributed by atoms with Gasteiger partial charge < -0.3 is 5.32 Å². The molecule has 0 aliphatic rings. The van der Waals surface area contributed by atoms with E-state index in [-0.39, 0.29) is 5.91 Å². The number of amides is 1. The lowest BCUT2D eigenvalue weighted by Crippen LogP contribution is -2.13. The minimum absolute atomic E-state index is 0.0138. The first kappa shape index (κ1) is 15.2. The second-order valence-electron chi connectivity index (χ2n) is 3.84. The molecule has 0 unspecified atom stereocenters. The van der Waals surface area contributed by atoms with Crippen molar-refractivity contribution in [3.05, 3.63) is 29.8 Å². The summed E-state index contributed by atoms with van der Waals surface area (Å²) in [4.78, 5) is 11.4. The van der Waals surface area contributed by atoms with Gasteiger partial charge in [0.05, 0.1) is 11.6 Å². The van der Waals surface area contributed by atoms with Crippen LogP contribution in [0.4, 0.5) is 5.69 Å². The van der Waals surface area contributed by atoms with Crippen LogP contribution in [0.2, 0.25) is 0 Å². The van der Waals surface area contributed by atoms with Gasteiger partial charge in [-0.05, 0) is 24.1 Å². The zero-order chi connectivity index (χ0) is 13.3. The van der Waals surface area contributed by atoms with Gasteiger partial charge in [-0.3, -0.25) is 4.79 Å². The van der Waals surface area contributed by atoms with E-state index in [1.165, 1.54) is 0 Å². The summed E-state index contributed by atoms with van der Waals surface area (Å²) in [5, 5.41) is 11.4. The standard InChI is InChI=1S/C12H14N2O.C2H6/c1-9(2)6-12(15)14-11-5-3-4-10(7-11)8-13;1-2/h3-5,7,9H,6H2,1-2H3,(H,14,15);1-2H3. The molecule has 1 N–H and O–H groups in total. The Bertz CT molecular complexity index is 391. The van der Waals surface area contributed by atoms with Gasteiger partial charge in [-0.15, -0.1) is 0 Å². The van der Waals surface area contributed by atoms with Crippen molar-refractivity contribution in [1.29, 1.82) is 5.26 Å². The van der Waals surface area contributed by atoms with Crippen LogP contribution in [-0.4, -0.2) is 5.91 Å². The lowest BCUT2D eigenvalue weighted by molar-refractivity contribution is -0.116. The van der Waals surface area contributed by atoms with E-state index in [0.717, 1.165) is 0 Å². The number of nitrogens with zero attached hydrogens (tertiary/aromatic N) is 1. The van der Waals surface area contributed by atoms with Crippen molar-refractivity contribution < 1.29 is 4.79 Å². The van der Waals surface area contributed by atoms with Gasteiger partial charge in [0.1, 0.15) is 0 Å². The summed E-state index contributed by atoms with van der Waals surface area (Å²) in [6.07, 6.45) is 0.497. The van der Waals surface area contributed by atoms with Crippen LogP contribution in [0.15, 0.2) is 24.3 Å². The quantitative estimate of drug-likeness (QED) is 0.866. The van der Waals surface area contributed by atoms with Crippen molar-refractivity contribution in [2.24, 2.45) is 5.92 Å². The molecule has 0 saturated carbocycles. The molecule has 17 heavy (non-hydrogen) atoms. The smallest absolute Gasteiger partial charge is 0.224 e. The fourth-order valence-electron chi connectivity index (χ4n) is 1.25. The Morgan fingerprint density at radius 2 is 2.06 bits per heavy atom. The van der Waals surface area contributed by atoms with Crippen LogP contribution in [0, 0.1) is 17.2 Å². The monoisotopic (exact) mass is 232 g/mol. The first-order valence-corrected chi connectivity index (χ1v) is 5.92. The van der Waals surface area contributed by atoms with Gasteiger partial charge in [0, 0.05) is 12.1 Å². The normalized spacial score (nSPS) is 8.94. The highest BCUT2D eigenvalue weighted by Crippen LogP contribution is 2.11. The average molecular weight is 232 g/mol. The van der Waals surface area contributed by atoms with Crippen molar-refractivity contribution in [2.75, 3.05) is 5.32 Å². The van der Waals surface area contributed by atoms with E-state index in [1.807, 2.05) is 33.8 Å². The molecule has 1 amide bonds.